The van der Waals surface area contributed by atoms with Gasteiger partial charge >= 0.3 is 0 Å². The molecule has 3 heterocycles. The molecule has 0 radical (unpaired) electrons. The average molecular weight is 395 g/mol. The summed E-state index contributed by atoms with van der Waals surface area (Å²) in [5.41, 5.74) is 2.87. The van der Waals surface area contributed by atoms with Crippen LogP contribution in [0.2, 0.25) is 0 Å². The van der Waals surface area contributed by atoms with Gasteiger partial charge in [-0.3, -0.25) is 4.79 Å². The molecule has 0 saturated carbocycles. The minimum atomic E-state index is 0.0184. The van der Waals surface area contributed by atoms with Crippen molar-refractivity contribution in [3.05, 3.63) is 41.7 Å². The number of nitrogens with one attached hydrogen (secondary N) is 1. The van der Waals surface area contributed by atoms with E-state index in [0.29, 0.717) is 5.69 Å². The van der Waals surface area contributed by atoms with Gasteiger partial charge in [-0.15, -0.1) is 0 Å². The monoisotopic (exact) mass is 394 g/mol. The topological polar surface area (TPSA) is 50.2 Å². The molecule has 0 bridgehead atoms. The summed E-state index contributed by atoms with van der Waals surface area (Å²) in [6.07, 6.45) is 9.03. The van der Waals surface area contributed by atoms with Crippen LogP contribution in [0.1, 0.15) is 68.1 Å². The number of benzene rings is 1. The molecule has 1 aromatic carbocycles. The van der Waals surface area contributed by atoms with Crippen LogP contribution in [0.4, 0.5) is 0 Å². The zero-order chi connectivity index (χ0) is 20.1. The number of amides is 1. The van der Waals surface area contributed by atoms with Crippen LogP contribution in [0.25, 0.3) is 11.4 Å². The Morgan fingerprint density at radius 2 is 1.90 bits per heavy atom. The predicted octanol–water partition coefficient (Wildman–Crippen LogP) is 4.27. The second-order valence-electron chi connectivity index (χ2n) is 8.50. The number of carbonyl (C=O) groups is 1. The molecule has 1 saturated heterocycles. The van der Waals surface area contributed by atoms with Crippen molar-refractivity contribution in [3.63, 3.8) is 0 Å². The summed E-state index contributed by atoms with van der Waals surface area (Å²) in [5, 5.41) is 3.31. The number of carbonyl (C=O) groups excluding carboxylic acids is 1. The quantitative estimate of drug-likeness (QED) is 0.796. The first-order chi connectivity index (χ1) is 14.3. The van der Waals surface area contributed by atoms with E-state index in [4.69, 9.17) is 4.98 Å². The van der Waals surface area contributed by atoms with Crippen LogP contribution in [0.5, 0.6) is 0 Å². The Balaban J connectivity index is 1.49. The summed E-state index contributed by atoms with van der Waals surface area (Å²) in [4.78, 5) is 20.6. The lowest BCUT2D eigenvalue weighted by molar-refractivity contribution is 0.0905. The van der Waals surface area contributed by atoms with Gasteiger partial charge in [0.15, 0.2) is 0 Å². The summed E-state index contributed by atoms with van der Waals surface area (Å²) in [6, 6.07) is 10.6. The number of imidazole rings is 1. The molecule has 0 aliphatic carbocycles. The van der Waals surface area contributed by atoms with Gasteiger partial charge in [-0.05, 0) is 45.1 Å². The van der Waals surface area contributed by atoms with Crippen molar-refractivity contribution in [1.82, 2.24) is 19.8 Å². The van der Waals surface area contributed by atoms with Gasteiger partial charge in [0.25, 0.3) is 5.91 Å². The van der Waals surface area contributed by atoms with Crippen LogP contribution in [-0.4, -0.2) is 46.0 Å². The van der Waals surface area contributed by atoms with Crippen LogP contribution in [0.15, 0.2) is 30.3 Å². The summed E-state index contributed by atoms with van der Waals surface area (Å²) in [5.74, 6) is 0.965. The molecular formula is C24H34N4O. The van der Waals surface area contributed by atoms with Crippen LogP contribution in [0.3, 0.4) is 0 Å². The van der Waals surface area contributed by atoms with E-state index in [1.165, 1.54) is 25.8 Å². The third-order valence-corrected chi connectivity index (χ3v) is 6.37. The molecule has 0 spiro atoms. The average Bonchev–Trinajstić information content (AvgIpc) is 2.95. The molecule has 2 aliphatic rings. The van der Waals surface area contributed by atoms with Crippen molar-refractivity contribution in [2.45, 2.75) is 70.9 Å². The molecule has 1 fully saturated rings. The lowest BCUT2D eigenvalue weighted by Crippen LogP contribution is -2.45. The molecule has 0 unspecified atom stereocenters. The standard InChI is InChI=1S/C24H34N4O/c1-2-3-15-27-17-13-20(14-18-27)25-24(29)22-21-12-8-5-9-16-28(21)23(26-22)19-10-6-4-7-11-19/h4,6-7,10-11,20H,2-3,5,8-9,12-18H2,1H3,(H,25,29). The number of piperidine rings is 1. The van der Waals surface area contributed by atoms with Crippen LogP contribution >= 0.6 is 0 Å². The van der Waals surface area contributed by atoms with Crippen LogP contribution in [0, 0.1) is 0 Å². The number of aromatic nitrogens is 2. The molecule has 5 nitrogen and oxygen atoms in total. The lowest BCUT2D eigenvalue weighted by atomic mass is 10.0. The second kappa shape index (κ2) is 9.57. The number of hydrogen-bond acceptors (Lipinski definition) is 3. The SMILES string of the molecule is CCCCN1CCC(NC(=O)c2nc(-c3ccccc3)n3c2CCCCC3)CC1. The molecule has 156 valence electrons. The van der Waals surface area contributed by atoms with Gasteiger partial charge < -0.3 is 14.8 Å². The number of rotatable bonds is 6. The van der Waals surface area contributed by atoms with E-state index in [1.54, 1.807) is 0 Å². The predicted molar refractivity (Wildman–Crippen MR) is 117 cm³/mol. The van der Waals surface area contributed by atoms with Gasteiger partial charge in [0.1, 0.15) is 11.5 Å². The van der Waals surface area contributed by atoms with E-state index in [-0.39, 0.29) is 11.9 Å². The largest absolute Gasteiger partial charge is 0.348 e. The van der Waals surface area contributed by atoms with E-state index in [2.05, 4.69) is 33.8 Å². The van der Waals surface area contributed by atoms with Gasteiger partial charge in [0.2, 0.25) is 0 Å². The number of unbranched alkanes of at least 4 members (excludes halogenated alkanes) is 1. The first-order valence-corrected chi connectivity index (χ1v) is 11.4. The van der Waals surface area contributed by atoms with Crippen molar-refractivity contribution < 1.29 is 4.79 Å². The first kappa shape index (κ1) is 20.1. The molecule has 5 heteroatoms. The maximum atomic E-state index is 13.2. The minimum Gasteiger partial charge on any atom is -0.348 e. The molecule has 29 heavy (non-hydrogen) atoms. The smallest absolute Gasteiger partial charge is 0.272 e. The maximum absolute atomic E-state index is 13.2. The lowest BCUT2D eigenvalue weighted by Gasteiger charge is -2.32. The Kier molecular flexibility index (Phi) is 6.65. The molecule has 4 rings (SSSR count). The Morgan fingerprint density at radius 3 is 2.66 bits per heavy atom. The van der Waals surface area contributed by atoms with Gasteiger partial charge in [-0.1, -0.05) is 50.1 Å². The van der Waals surface area contributed by atoms with Crippen LogP contribution < -0.4 is 5.32 Å². The fourth-order valence-corrected chi connectivity index (χ4v) is 4.65. The highest BCUT2D eigenvalue weighted by Crippen LogP contribution is 2.27. The highest BCUT2D eigenvalue weighted by atomic mass is 16.2. The highest BCUT2D eigenvalue weighted by Gasteiger charge is 2.27. The Labute approximate surface area is 174 Å². The molecule has 0 atom stereocenters. The zero-order valence-corrected chi connectivity index (χ0v) is 17.7. The summed E-state index contributed by atoms with van der Waals surface area (Å²) >= 11 is 0. The molecule has 1 amide bonds. The first-order valence-electron chi connectivity index (χ1n) is 11.4. The second-order valence-corrected chi connectivity index (χ2v) is 8.50. The summed E-state index contributed by atoms with van der Waals surface area (Å²) in [7, 11) is 0. The Bertz CT molecular complexity index is 806. The Morgan fingerprint density at radius 1 is 1.10 bits per heavy atom. The third-order valence-electron chi connectivity index (χ3n) is 6.37. The molecule has 2 aromatic rings. The fourth-order valence-electron chi connectivity index (χ4n) is 4.65. The number of likely N-dealkylation sites (tertiary alicyclic amines) is 1. The van der Waals surface area contributed by atoms with E-state index in [1.807, 2.05) is 18.2 Å². The number of nitrogens with zero attached hydrogens (tertiary/aromatic N) is 3. The van der Waals surface area contributed by atoms with Crippen LogP contribution in [-0.2, 0) is 13.0 Å². The van der Waals surface area contributed by atoms with E-state index in [9.17, 15) is 4.79 Å². The van der Waals surface area contributed by atoms with Crippen molar-refractivity contribution in [1.29, 1.82) is 0 Å². The molecule has 1 aromatic heterocycles. The maximum Gasteiger partial charge on any atom is 0.272 e. The fraction of sp³-hybridized carbons (Fsp3) is 0.583. The molecule has 2 aliphatic heterocycles. The highest BCUT2D eigenvalue weighted by molar-refractivity contribution is 5.94. The van der Waals surface area contributed by atoms with Gasteiger partial charge in [0.05, 0.1) is 5.69 Å². The molecular weight excluding hydrogens is 360 g/mol. The van der Waals surface area contributed by atoms with Gasteiger partial charge in [-0.25, -0.2) is 4.98 Å². The van der Waals surface area contributed by atoms with Gasteiger partial charge in [0, 0.05) is 31.2 Å². The van der Waals surface area contributed by atoms with E-state index in [0.717, 1.165) is 68.8 Å². The normalized spacial score (nSPS) is 18.2. The van der Waals surface area contributed by atoms with Crippen molar-refractivity contribution in [2.24, 2.45) is 0 Å². The van der Waals surface area contributed by atoms with E-state index < -0.39 is 0 Å². The van der Waals surface area contributed by atoms with Crippen molar-refractivity contribution in [3.8, 4) is 11.4 Å². The Hall–Kier alpha value is -2.14. The number of fused-ring (bicyclic) bond motifs is 1. The molecule has 1 N–H and O–H groups in total. The zero-order valence-electron chi connectivity index (χ0n) is 17.7. The minimum absolute atomic E-state index is 0.0184. The van der Waals surface area contributed by atoms with Crippen molar-refractivity contribution >= 4 is 5.91 Å². The van der Waals surface area contributed by atoms with E-state index >= 15 is 0 Å². The third kappa shape index (κ3) is 4.72. The summed E-state index contributed by atoms with van der Waals surface area (Å²) in [6.45, 7) is 6.55. The van der Waals surface area contributed by atoms with Gasteiger partial charge in [-0.2, -0.15) is 0 Å². The number of hydrogen-bond donors (Lipinski definition) is 1. The summed E-state index contributed by atoms with van der Waals surface area (Å²) < 4.78 is 2.30. The van der Waals surface area contributed by atoms with Crippen molar-refractivity contribution in [2.75, 3.05) is 19.6 Å².